The van der Waals surface area contributed by atoms with Gasteiger partial charge in [-0.2, -0.15) is 0 Å². The van der Waals surface area contributed by atoms with Crippen molar-refractivity contribution in [3.63, 3.8) is 0 Å². The molecule has 0 aliphatic carbocycles. The first-order valence-electron chi connectivity index (χ1n) is 5.54. The van der Waals surface area contributed by atoms with Gasteiger partial charge in [-0.25, -0.2) is 0 Å². The third-order valence-corrected chi connectivity index (χ3v) is 3.20. The van der Waals surface area contributed by atoms with Crippen molar-refractivity contribution in [1.29, 1.82) is 0 Å². The zero-order chi connectivity index (χ0) is 9.52. The normalized spacial score (nSPS) is 20.4. The Balaban J connectivity index is 2.47. The maximum atomic E-state index is 10.9. The molecule has 1 fully saturated rings. The Hall–Kier alpha value is -0.240. The summed E-state index contributed by atoms with van der Waals surface area (Å²) in [5, 5.41) is 0. The smallest absolute Gasteiger partial charge is 0.189 e. The van der Waals surface area contributed by atoms with Gasteiger partial charge in [-0.15, -0.1) is 0 Å². The van der Waals surface area contributed by atoms with Crippen molar-refractivity contribution in [3.05, 3.63) is 0 Å². The average molecular weight is 179 g/mol. The first kappa shape index (κ1) is 10.8. The Morgan fingerprint density at radius 2 is 1.69 bits per heavy atom. The van der Waals surface area contributed by atoms with Gasteiger partial charge < -0.3 is 10.5 Å². The standard InChI is InChI=1S/C9H19B2NO/c12-8-10-6-4-2-1-3-5-7-11(10)9-13/h9H,1-8,12H2. The van der Waals surface area contributed by atoms with Gasteiger partial charge in [-0.05, 0) is 6.44 Å². The molecule has 0 unspecified atom stereocenters. The van der Waals surface area contributed by atoms with E-state index < -0.39 is 0 Å². The minimum Gasteiger partial charge on any atom is -0.338 e. The third-order valence-electron chi connectivity index (χ3n) is 3.20. The highest BCUT2D eigenvalue weighted by atomic mass is 16.1. The van der Waals surface area contributed by atoms with Crippen molar-refractivity contribution in [2.45, 2.75) is 44.7 Å². The molecule has 1 heterocycles. The molecule has 0 amide bonds. The van der Waals surface area contributed by atoms with Crippen LogP contribution in [0.4, 0.5) is 0 Å². The molecule has 0 atom stereocenters. The molecule has 2 nitrogen and oxygen atoms in total. The summed E-state index contributed by atoms with van der Waals surface area (Å²) in [7, 11) is 0. The quantitative estimate of drug-likeness (QED) is 0.512. The second-order valence-electron chi connectivity index (χ2n) is 4.14. The number of rotatable bonds is 2. The lowest BCUT2D eigenvalue weighted by Crippen LogP contribution is -2.43. The van der Waals surface area contributed by atoms with Gasteiger partial charge in [0.2, 0.25) is 0 Å². The zero-order valence-electron chi connectivity index (χ0n) is 8.37. The number of hydrogen-bond donors (Lipinski definition) is 1. The number of carbonyl (C=O) groups is 1. The van der Waals surface area contributed by atoms with Gasteiger partial charge in [0.1, 0.15) is 6.60 Å². The summed E-state index contributed by atoms with van der Waals surface area (Å²) in [6.45, 7) is 0.693. The molecule has 1 aliphatic heterocycles. The molecule has 72 valence electrons. The molecule has 0 saturated carbocycles. The zero-order valence-corrected chi connectivity index (χ0v) is 8.37. The van der Waals surface area contributed by atoms with E-state index in [9.17, 15) is 4.79 Å². The predicted molar refractivity (Wildman–Crippen MR) is 60.0 cm³/mol. The van der Waals surface area contributed by atoms with E-state index in [2.05, 4.69) is 0 Å². The van der Waals surface area contributed by atoms with Crippen LogP contribution in [0.15, 0.2) is 0 Å². The molecule has 2 N–H and O–H groups in total. The molecule has 1 aliphatic rings. The van der Waals surface area contributed by atoms with E-state index in [-0.39, 0.29) is 6.60 Å². The summed E-state index contributed by atoms with van der Waals surface area (Å²) in [4.78, 5) is 10.9. The summed E-state index contributed by atoms with van der Waals surface area (Å²) < 4.78 is 0. The van der Waals surface area contributed by atoms with Crippen molar-refractivity contribution in [2.24, 2.45) is 5.73 Å². The summed E-state index contributed by atoms with van der Waals surface area (Å²) in [6, 6.07) is 0. The number of carbonyl (C=O) groups excluding carboxylic acids is 1. The lowest BCUT2D eigenvalue weighted by atomic mass is 9.07. The van der Waals surface area contributed by atoms with Crippen LogP contribution in [0.2, 0.25) is 12.6 Å². The van der Waals surface area contributed by atoms with Gasteiger partial charge in [0.05, 0.1) is 6.19 Å². The lowest BCUT2D eigenvalue weighted by Gasteiger charge is -2.13. The molecule has 1 saturated heterocycles. The van der Waals surface area contributed by atoms with Crippen LogP contribution in [0.1, 0.15) is 32.1 Å². The monoisotopic (exact) mass is 179 g/mol. The fourth-order valence-corrected chi connectivity index (χ4v) is 2.24. The highest BCUT2D eigenvalue weighted by Gasteiger charge is 2.26. The van der Waals surface area contributed by atoms with Crippen molar-refractivity contribution >= 4 is 19.4 Å². The first-order chi connectivity index (χ1) is 6.38. The second kappa shape index (κ2) is 6.25. The van der Waals surface area contributed by atoms with E-state index in [1.54, 1.807) is 0 Å². The van der Waals surface area contributed by atoms with Crippen LogP contribution in [-0.4, -0.2) is 25.8 Å². The highest BCUT2D eigenvalue weighted by Crippen LogP contribution is 2.16. The van der Waals surface area contributed by atoms with Crippen LogP contribution >= 0.6 is 0 Å². The Kier molecular flexibility index (Phi) is 5.21. The Labute approximate surface area is 81.8 Å². The minimum absolute atomic E-state index is 0.239. The third kappa shape index (κ3) is 3.55. The molecular weight excluding hydrogens is 160 g/mol. The van der Waals surface area contributed by atoms with Gasteiger partial charge in [0.15, 0.2) is 6.60 Å². The molecule has 0 radical (unpaired) electrons. The van der Waals surface area contributed by atoms with Gasteiger partial charge >= 0.3 is 0 Å². The van der Waals surface area contributed by atoms with Gasteiger partial charge in [0.25, 0.3) is 0 Å². The van der Waals surface area contributed by atoms with Crippen LogP contribution in [-0.2, 0) is 4.79 Å². The topological polar surface area (TPSA) is 43.1 Å². The molecule has 0 aromatic heterocycles. The molecular formula is C9H19B2NO. The fourth-order valence-electron chi connectivity index (χ4n) is 2.24. The molecule has 13 heavy (non-hydrogen) atoms. The van der Waals surface area contributed by atoms with Crippen LogP contribution < -0.4 is 5.73 Å². The molecule has 0 spiro atoms. The Bertz CT molecular complexity index is 155. The van der Waals surface area contributed by atoms with E-state index in [0.29, 0.717) is 13.0 Å². The number of hydrogen-bond acceptors (Lipinski definition) is 2. The van der Waals surface area contributed by atoms with E-state index in [1.807, 2.05) is 0 Å². The predicted octanol–water partition coefficient (Wildman–Crippen LogP) is 1.29. The van der Waals surface area contributed by atoms with Crippen molar-refractivity contribution < 1.29 is 4.79 Å². The van der Waals surface area contributed by atoms with Gasteiger partial charge in [-0.3, -0.25) is 0 Å². The van der Waals surface area contributed by atoms with E-state index in [4.69, 9.17) is 5.73 Å². The van der Waals surface area contributed by atoms with Crippen LogP contribution in [0, 0.1) is 0 Å². The Morgan fingerprint density at radius 3 is 2.31 bits per heavy atom. The minimum atomic E-state index is 0.239. The summed E-state index contributed by atoms with van der Waals surface area (Å²) in [5.74, 6) is 0. The molecule has 0 bridgehead atoms. The summed E-state index contributed by atoms with van der Waals surface area (Å²) >= 11 is 0. The largest absolute Gasteiger partial charge is 0.338 e. The van der Waals surface area contributed by atoms with Crippen molar-refractivity contribution in [3.8, 4) is 0 Å². The van der Waals surface area contributed by atoms with Crippen molar-refractivity contribution in [2.75, 3.05) is 6.44 Å². The lowest BCUT2D eigenvalue weighted by molar-refractivity contribution is 0.567. The van der Waals surface area contributed by atoms with Crippen LogP contribution in [0.3, 0.4) is 0 Å². The maximum Gasteiger partial charge on any atom is 0.189 e. The highest BCUT2D eigenvalue weighted by molar-refractivity contribution is 7.33. The second-order valence-corrected chi connectivity index (χ2v) is 4.14. The average Bonchev–Trinajstić information content (AvgIpc) is 2.28. The maximum absolute atomic E-state index is 10.9. The van der Waals surface area contributed by atoms with E-state index >= 15 is 0 Å². The first-order valence-corrected chi connectivity index (χ1v) is 5.54. The van der Waals surface area contributed by atoms with Gasteiger partial charge in [-0.1, -0.05) is 44.7 Å². The van der Waals surface area contributed by atoms with E-state index in [0.717, 1.165) is 18.8 Å². The Morgan fingerprint density at radius 1 is 1.08 bits per heavy atom. The molecule has 4 heteroatoms. The summed E-state index contributed by atoms with van der Waals surface area (Å²) in [5.41, 5.74) is 5.68. The van der Waals surface area contributed by atoms with Crippen LogP contribution in [0.25, 0.3) is 0 Å². The molecule has 0 aromatic carbocycles. The summed E-state index contributed by atoms with van der Waals surface area (Å²) in [6.07, 6.45) is 10.4. The molecule has 0 aromatic rings. The van der Waals surface area contributed by atoms with Crippen molar-refractivity contribution in [1.82, 2.24) is 0 Å². The fraction of sp³-hybridized carbons (Fsp3) is 0.889. The van der Waals surface area contributed by atoms with Gasteiger partial charge in [0, 0.05) is 0 Å². The van der Waals surface area contributed by atoms with E-state index in [1.165, 1.54) is 32.1 Å². The SMILES string of the molecule is NCB1CCCCCCCB1C=O. The van der Waals surface area contributed by atoms with Crippen LogP contribution in [0.5, 0.6) is 0 Å². The number of nitrogens with two attached hydrogens (primary N) is 1. The molecule has 1 rings (SSSR count).